The molecular formula is C26H26N4O5. The number of rotatable bonds is 8. The van der Waals surface area contributed by atoms with Crippen molar-refractivity contribution in [1.29, 1.82) is 0 Å². The topological polar surface area (TPSA) is 115 Å². The van der Waals surface area contributed by atoms with Gasteiger partial charge in [0.2, 0.25) is 0 Å². The van der Waals surface area contributed by atoms with Gasteiger partial charge in [-0.2, -0.15) is 4.98 Å². The number of fused-ring (bicyclic) bond motifs is 1. The van der Waals surface area contributed by atoms with E-state index in [-0.39, 0.29) is 28.5 Å². The fourth-order valence-corrected chi connectivity index (χ4v) is 3.81. The molecule has 4 aromatic rings. The fourth-order valence-electron chi connectivity index (χ4n) is 3.81. The van der Waals surface area contributed by atoms with Crippen LogP contribution in [0.25, 0.3) is 16.7 Å². The number of aromatic amines is 1. The number of pyridine rings is 1. The second kappa shape index (κ2) is 10.3. The van der Waals surface area contributed by atoms with Gasteiger partial charge in [-0.05, 0) is 47.9 Å². The quantitative estimate of drug-likeness (QED) is 0.406. The van der Waals surface area contributed by atoms with Crippen LogP contribution in [0.1, 0.15) is 34.8 Å². The molecule has 0 bridgehead atoms. The lowest BCUT2D eigenvalue weighted by molar-refractivity contribution is 0.0951. The average molecular weight is 475 g/mol. The van der Waals surface area contributed by atoms with Gasteiger partial charge in [0.05, 0.1) is 25.1 Å². The van der Waals surface area contributed by atoms with Crippen molar-refractivity contribution in [3.63, 3.8) is 0 Å². The molecule has 2 aromatic carbocycles. The van der Waals surface area contributed by atoms with Crippen LogP contribution >= 0.6 is 0 Å². The maximum atomic E-state index is 13.1. The highest BCUT2D eigenvalue weighted by Gasteiger charge is 2.15. The molecule has 0 aliphatic carbocycles. The summed E-state index contributed by atoms with van der Waals surface area (Å²) in [5.74, 6) is 0.288. The third-order valence-electron chi connectivity index (χ3n) is 5.63. The van der Waals surface area contributed by atoms with Gasteiger partial charge >= 0.3 is 5.69 Å². The molecule has 0 saturated heterocycles. The van der Waals surface area contributed by atoms with Crippen LogP contribution in [0.4, 0.5) is 0 Å². The second-order valence-corrected chi connectivity index (χ2v) is 7.96. The molecule has 9 heteroatoms. The van der Waals surface area contributed by atoms with Crippen molar-refractivity contribution in [2.24, 2.45) is 0 Å². The number of aromatic nitrogens is 3. The highest BCUT2D eigenvalue weighted by molar-refractivity contribution is 5.97. The minimum Gasteiger partial charge on any atom is -0.491 e. The Morgan fingerprint density at radius 3 is 2.43 bits per heavy atom. The molecule has 9 nitrogen and oxygen atoms in total. The summed E-state index contributed by atoms with van der Waals surface area (Å²) in [4.78, 5) is 45.4. The smallest absolute Gasteiger partial charge is 0.334 e. The van der Waals surface area contributed by atoms with E-state index in [4.69, 9.17) is 9.47 Å². The van der Waals surface area contributed by atoms with Crippen LogP contribution in [0.3, 0.4) is 0 Å². The highest BCUT2D eigenvalue weighted by Crippen LogP contribution is 2.24. The molecule has 0 radical (unpaired) electrons. The van der Waals surface area contributed by atoms with Gasteiger partial charge in [0.1, 0.15) is 5.82 Å². The largest absolute Gasteiger partial charge is 0.491 e. The van der Waals surface area contributed by atoms with Crippen molar-refractivity contribution in [3.8, 4) is 17.4 Å². The zero-order valence-corrected chi connectivity index (χ0v) is 19.8. The average Bonchev–Trinajstić information content (AvgIpc) is 2.87. The molecule has 0 atom stereocenters. The number of H-pyrrole nitrogens is 1. The van der Waals surface area contributed by atoms with Crippen molar-refractivity contribution >= 4 is 16.8 Å². The second-order valence-electron chi connectivity index (χ2n) is 7.96. The summed E-state index contributed by atoms with van der Waals surface area (Å²) < 4.78 is 11.2. The molecule has 0 fully saturated rings. The van der Waals surface area contributed by atoms with Gasteiger partial charge in [0.25, 0.3) is 17.3 Å². The van der Waals surface area contributed by atoms with Gasteiger partial charge in [-0.1, -0.05) is 37.6 Å². The summed E-state index contributed by atoms with van der Waals surface area (Å²) in [6.45, 7) is 2.50. The number of amides is 1. The number of nitrogens with zero attached hydrogens (tertiary/aromatic N) is 2. The Bertz CT molecular complexity index is 1490. The van der Waals surface area contributed by atoms with Crippen LogP contribution in [-0.4, -0.2) is 34.7 Å². The van der Waals surface area contributed by atoms with Gasteiger partial charge in [0, 0.05) is 12.1 Å². The Balaban J connectivity index is 1.60. The lowest BCUT2D eigenvalue weighted by Gasteiger charge is -2.10. The lowest BCUT2D eigenvalue weighted by Crippen LogP contribution is -2.34. The van der Waals surface area contributed by atoms with Crippen molar-refractivity contribution in [1.82, 2.24) is 19.9 Å². The van der Waals surface area contributed by atoms with Crippen LogP contribution in [-0.2, 0) is 13.0 Å². The zero-order valence-electron chi connectivity index (χ0n) is 19.8. The summed E-state index contributed by atoms with van der Waals surface area (Å²) in [7, 11) is 2.88. The molecule has 2 heterocycles. The monoisotopic (exact) mass is 474 g/mol. The molecule has 2 aromatic heterocycles. The van der Waals surface area contributed by atoms with Gasteiger partial charge in [-0.15, -0.1) is 0 Å². The minimum atomic E-state index is -0.688. The Hall–Kier alpha value is -4.40. The Morgan fingerprint density at radius 1 is 1.00 bits per heavy atom. The van der Waals surface area contributed by atoms with E-state index in [2.05, 4.69) is 34.3 Å². The molecule has 180 valence electrons. The van der Waals surface area contributed by atoms with E-state index in [9.17, 15) is 14.4 Å². The van der Waals surface area contributed by atoms with E-state index in [1.807, 2.05) is 12.1 Å². The van der Waals surface area contributed by atoms with E-state index in [0.29, 0.717) is 17.9 Å². The number of hydrogen-bond acceptors (Lipinski definition) is 6. The van der Waals surface area contributed by atoms with E-state index in [0.717, 1.165) is 23.0 Å². The molecule has 0 aliphatic heterocycles. The minimum absolute atomic E-state index is 0.0857. The molecule has 35 heavy (non-hydrogen) atoms. The van der Waals surface area contributed by atoms with Crippen molar-refractivity contribution in [2.45, 2.75) is 26.3 Å². The highest BCUT2D eigenvalue weighted by atomic mass is 16.5. The number of carbonyl (C=O) groups is 1. The van der Waals surface area contributed by atoms with Crippen LogP contribution < -0.4 is 26.0 Å². The number of hydrogen-bond donors (Lipinski definition) is 2. The number of nitrogens with one attached hydrogen (secondary N) is 2. The molecule has 0 unspecified atom stereocenters. The Labute approximate surface area is 201 Å². The summed E-state index contributed by atoms with van der Waals surface area (Å²) in [6, 6.07) is 15.7. The molecule has 0 spiro atoms. The zero-order chi connectivity index (χ0) is 24.9. The summed E-state index contributed by atoms with van der Waals surface area (Å²) in [6.07, 6.45) is 2.10. The number of methoxy groups -OCH3 is 2. The predicted octanol–water partition coefficient (Wildman–Crippen LogP) is 2.97. The maximum Gasteiger partial charge on any atom is 0.334 e. The molecule has 2 N–H and O–H groups in total. The first-order valence-electron chi connectivity index (χ1n) is 11.2. The summed E-state index contributed by atoms with van der Waals surface area (Å²) in [5, 5.41) is 3.11. The van der Waals surface area contributed by atoms with Crippen LogP contribution in [0.15, 0.2) is 64.2 Å². The van der Waals surface area contributed by atoms with E-state index < -0.39 is 11.2 Å². The number of ether oxygens (including phenoxy) is 2. The lowest BCUT2D eigenvalue weighted by atomic mass is 10.1. The molecular weight excluding hydrogens is 448 g/mol. The van der Waals surface area contributed by atoms with E-state index in [1.54, 1.807) is 12.1 Å². The van der Waals surface area contributed by atoms with Gasteiger partial charge in [0.15, 0.2) is 5.75 Å². The van der Waals surface area contributed by atoms with Gasteiger partial charge in [-0.25, -0.2) is 9.36 Å². The fraction of sp³-hybridized carbons (Fsp3) is 0.231. The molecule has 0 saturated carbocycles. The Morgan fingerprint density at radius 2 is 1.74 bits per heavy atom. The predicted molar refractivity (Wildman–Crippen MR) is 133 cm³/mol. The third kappa shape index (κ3) is 4.93. The van der Waals surface area contributed by atoms with Gasteiger partial charge in [-0.3, -0.25) is 9.59 Å². The number of carbonyl (C=O) groups excluding carboxylic acids is 1. The maximum absolute atomic E-state index is 13.1. The van der Waals surface area contributed by atoms with Crippen LogP contribution in [0.2, 0.25) is 0 Å². The van der Waals surface area contributed by atoms with E-state index >= 15 is 0 Å². The molecule has 4 rings (SSSR count). The standard InChI is InChI=1S/C26H26N4O5/c1-4-5-16-6-8-17(9-7-16)15-27-23(31)18-10-11-19-20(14-18)28-26(33)30(25(19)32)22-13-12-21(34-2)24(29-22)35-3/h6-14H,4-5,15H2,1-3H3,(H,27,31)(H,28,33). The first kappa shape index (κ1) is 23.7. The van der Waals surface area contributed by atoms with Crippen molar-refractivity contribution in [3.05, 3.63) is 92.1 Å². The first-order valence-corrected chi connectivity index (χ1v) is 11.2. The summed E-state index contributed by atoms with van der Waals surface area (Å²) in [5.41, 5.74) is 1.58. The van der Waals surface area contributed by atoms with Crippen molar-refractivity contribution in [2.75, 3.05) is 14.2 Å². The first-order chi connectivity index (χ1) is 16.9. The van der Waals surface area contributed by atoms with Gasteiger partial charge < -0.3 is 19.8 Å². The SMILES string of the molecule is CCCc1ccc(CNC(=O)c2ccc3c(=O)n(-c4ccc(OC)c(OC)n4)c(=O)[nH]c3c2)cc1. The van der Waals surface area contributed by atoms with Crippen molar-refractivity contribution < 1.29 is 14.3 Å². The Kier molecular flexibility index (Phi) is 6.96. The molecule has 0 aliphatic rings. The number of aryl methyl sites for hydroxylation is 1. The normalized spacial score (nSPS) is 10.8. The van der Waals surface area contributed by atoms with Crippen LogP contribution in [0.5, 0.6) is 11.6 Å². The number of benzene rings is 2. The molecule has 1 amide bonds. The van der Waals surface area contributed by atoms with E-state index in [1.165, 1.54) is 38.0 Å². The third-order valence-corrected chi connectivity index (χ3v) is 5.63. The van der Waals surface area contributed by atoms with Crippen LogP contribution in [0, 0.1) is 0 Å². The summed E-state index contributed by atoms with van der Waals surface area (Å²) >= 11 is 0.